The van der Waals surface area contributed by atoms with Crippen LogP contribution in [0.2, 0.25) is 0 Å². The molecule has 28 heavy (non-hydrogen) atoms. The maximum absolute atomic E-state index is 12.4. The Labute approximate surface area is 176 Å². The fraction of sp³-hybridized carbons (Fsp3) is 0.0500. The van der Waals surface area contributed by atoms with E-state index in [2.05, 4.69) is 9.68 Å². The van der Waals surface area contributed by atoms with Gasteiger partial charge in [-0.1, -0.05) is 30.3 Å². The van der Waals surface area contributed by atoms with Crippen molar-refractivity contribution in [2.75, 3.05) is 5.32 Å². The van der Waals surface area contributed by atoms with Crippen LogP contribution in [0, 0.1) is 0 Å². The summed E-state index contributed by atoms with van der Waals surface area (Å²) in [4.78, 5) is 24.8. The molecular weight excluding hydrogens is 442 g/mol. The molecule has 0 radical (unpaired) electrons. The van der Waals surface area contributed by atoms with E-state index in [1.807, 2.05) is 18.2 Å². The molecule has 3 rings (SSSR count). The lowest BCUT2D eigenvalue weighted by molar-refractivity contribution is -0.683. The van der Waals surface area contributed by atoms with Crippen LogP contribution in [0.4, 0.5) is 11.4 Å². The van der Waals surface area contributed by atoms with Crippen LogP contribution in [0.3, 0.4) is 0 Å². The fourth-order valence-electron chi connectivity index (χ4n) is 2.49. The van der Waals surface area contributed by atoms with Crippen molar-refractivity contribution in [2.24, 2.45) is 4.36 Å². The van der Waals surface area contributed by atoms with Gasteiger partial charge in [-0.3, -0.25) is 9.59 Å². The SMILES string of the molecule is O=S=Nc1ccc(NC(=O)c2ccc[n+](CC(=O)c3ccccc3)c2)cc1.[Br-]. The van der Waals surface area contributed by atoms with Gasteiger partial charge in [-0.15, -0.1) is 0 Å². The third-order valence-electron chi connectivity index (χ3n) is 3.81. The van der Waals surface area contributed by atoms with E-state index in [0.717, 1.165) is 0 Å². The third kappa shape index (κ3) is 5.77. The molecule has 142 valence electrons. The smallest absolute Gasteiger partial charge is 0.261 e. The maximum Gasteiger partial charge on any atom is 0.261 e. The van der Waals surface area contributed by atoms with Crippen LogP contribution in [0.25, 0.3) is 0 Å². The van der Waals surface area contributed by atoms with Crippen molar-refractivity contribution in [1.82, 2.24) is 0 Å². The van der Waals surface area contributed by atoms with Crippen molar-refractivity contribution in [2.45, 2.75) is 6.54 Å². The van der Waals surface area contributed by atoms with Crippen LogP contribution in [-0.2, 0) is 18.0 Å². The molecule has 0 saturated heterocycles. The zero-order chi connectivity index (χ0) is 19.1. The van der Waals surface area contributed by atoms with Gasteiger partial charge in [0.1, 0.15) is 5.56 Å². The zero-order valence-electron chi connectivity index (χ0n) is 14.6. The molecule has 0 unspecified atom stereocenters. The predicted octanol–water partition coefficient (Wildman–Crippen LogP) is 0.141. The molecule has 0 spiro atoms. The average molecular weight is 458 g/mol. The van der Waals surface area contributed by atoms with Gasteiger partial charge in [0.2, 0.25) is 23.8 Å². The second-order valence-electron chi connectivity index (χ2n) is 5.72. The predicted molar refractivity (Wildman–Crippen MR) is 102 cm³/mol. The van der Waals surface area contributed by atoms with Crippen LogP contribution in [0.15, 0.2) is 83.5 Å². The van der Waals surface area contributed by atoms with E-state index >= 15 is 0 Å². The van der Waals surface area contributed by atoms with Crippen molar-refractivity contribution >= 4 is 34.5 Å². The minimum absolute atomic E-state index is 0. The first kappa shape index (κ1) is 21.3. The molecule has 8 heteroatoms. The number of nitrogens with zero attached hydrogens (tertiary/aromatic N) is 2. The largest absolute Gasteiger partial charge is 1.00 e. The Kier molecular flexibility index (Phi) is 7.91. The molecule has 0 aliphatic carbocycles. The number of anilines is 1. The van der Waals surface area contributed by atoms with Gasteiger partial charge in [0.15, 0.2) is 12.4 Å². The normalized spacial score (nSPS) is 9.71. The van der Waals surface area contributed by atoms with Crippen molar-refractivity contribution < 1.29 is 35.3 Å². The van der Waals surface area contributed by atoms with Gasteiger partial charge in [0.25, 0.3) is 5.91 Å². The molecule has 1 aromatic heterocycles. The Morgan fingerprint density at radius 3 is 2.29 bits per heavy atom. The molecule has 0 atom stereocenters. The van der Waals surface area contributed by atoms with Crippen LogP contribution in [0.1, 0.15) is 20.7 Å². The first-order valence-corrected chi connectivity index (χ1v) is 8.84. The quantitative estimate of drug-likeness (QED) is 0.422. The molecule has 0 saturated carbocycles. The molecular formula is C20H16BrN3O3S. The first-order chi connectivity index (χ1) is 13.2. The standard InChI is InChI=1S/C20H15N3O3S.BrH/c24-19(15-5-2-1-3-6-15)14-23-12-4-7-16(13-23)20(25)21-17-8-10-18(11-9-17)22-27-26;/h1-13H,14H2;1H. The van der Waals surface area contributed by atoms with E-state index < -0.39 is 0 Å². The number of hydrogen-bond donors (Lipinski definition) is 1. The highest BCUT2D eigenvalue weighted by Crippen LogP contribution is 2.16. The summed E-state index contributed by atoms with van der Waals surface area (Å²) >= 11 is 0.133. The van der Waals surface area contributed by atoms with Crippen LogP contribution < -0.4 is 26.9 Å². The van der Waals surface area contributed by atoms with E-state index in [-0.39, 0.29) is 46.7 Å². The Morgan fingerprint density at radius 2 is 1.61 bits per heavy atom. The van der Waals surface area contributed by atoms with Gasteiger partial charge >= 0.3 is 0 Å². The van der Waals surface area contributed by atoms with Crippen molar-refractivity contribution in [3.8, 4) is 0 Å². The lowest BCUT2D eigenvalue weighted by atomic mass is 10.1. The van der Waals surface area contributed by atoms with Gasteiger partial charge in [0, 0.05) is 17.3 Å². The van der Waals surface area contributed by atoms with Gasteiger partial charge in [-0.2, -0.15) is 13.1 Å². The number of pyridine rings is 1. The first-order valence-electron chi connectivity index (χ1n) is 8.14. The number of benzene rings is 2. The monoisotopic (exact) mass is 457 g/mol. The molecule has 1 N–H and O–H groups in total. The molecule has 6 nitrogen and oxygen atoms in total. The molecule has 0 aliphatic rings. The molecule has 3 aromatic rings. The zero-order valence-corrected chi connectivity index (χ0v) is 17.0. The second kappa shape index (κ2) is 10.4. The Morgan fingerprint density at radius 1 is 0.929 bits per heavy atom. The van der Waals surface area contributed by atoms with Crippen molar-refractivity contribution in [3.63, 3.8) is 0 Å². The number of ketones is 1. The number of hydrogen-bond acceptors (Lipinski definition) is 4. The molecule has 2 aromatic carbocycles. The number of amides is 1. The summed E-state index contributed by atoms with van der Waals surface area (Å²) in [5.41, 5.74) is 2.18. The molecule has 1 amide bonds. The lowest BCUT2D eigenvalue weighted by Gasteiger charge is -2.05. The van der Waals surface area contributed by atoms with Gasteiger partial charge < -0.3 is 22.3 Å². The highest BCUT2D eigenvalue weighted by molar-refractivity contribution is 7.54. The minimum Gasteiger partial charge on any atom is -1.00 e. The van der Waals surface area contributed by atoms with Crippen LogP contribution >= 0.6 is 0 Å². The number of Topliss-reactive ketones (excluding diaryl/α,β-unsaturated/α-hetero) is 1. The Balaban J connectivity index is 0.00000280. The number of aromatic nitrogens is 1. The van der Waals surface area contributed by atoms with E-state index in [9.17, 15) is 13.8 Å². The van der Waals surface area contributed by atoms with E-state index in [1.165, 1.54) is 0 Å². The average Bonchev–Trinajstić information content (AvgIpc) is 2.70. The Hall–Kier alpha value is -2.97. The van der Waals surface area contributed by atoms with E-state index in [0.29, 0.717) is 22.5 Å². The summed E-state index contributed by atoms with van der Waals surface area (Å²) in [7, 11) is 0. The summed E-state index contributed by atoms with van der Waals surface area (Å²) in [6, 6.07) is 19.0. The maximum atomic E-state index is 12.4. The lowest BCUT2D eigenvalue weighted by Crippen LogP contribution is -3.00. The molecule has 0 aliphatic heterocycles. The summed E-state index contributed by atoms with van der Waals surface area (Å²) in [5, 5.41) is 2.78. The summed E-state index contributed by atoms with van der Waals surface area (Å²) in [6.45, 7) is 0.147. The third-order valence-corrected chi connectivity index (χ3v) is 4.10. The molecule has 1 heterocycles. The van der Waals surface area contributed by atoms with Crippen LogP contribution in [0.5, 0.6) is 0 Å². The summed E-state index contributed by atoms with van der Waals surface area (Å²) in [6.07, 6.45) is 3.38. The fourth-order valence-corrected chi connectivity index (χ4v) is 2.70. The summed E-state index contributed by atoms with van der Waals surface area (Å²) < 4.78 is 15.7. The number of carbonyl (C=O) groups excluding carboxylic acids is 2. The van der Waals surface area contributed by atoms with E-state index in [1.54, 1.807) is 65.5 Å². The highest BCUT2D eigenvalue weighted by atomic mass is 79.9. The molecule has 0 bridgehead atoms. The van der Waals surface area contributed by atoms with Crippen molar-refractivity contribution in [1.29, 1.82) is 0 Å². The van der Waals surface area contributed by atoms with E-state index in [4.69, 9.17) is 0 Å². The van der Waals surface area contributed by atoms with Crippen molar-refractivity contribution in [3.05, 3.63) is 90.3 Å². The van der Waals surface area contributed by atoms with Gasteiger partial charge in [-0.05, 0) is 30.3 Å². The summed E-state index contributed by atoms with van der Waals surface area (Å²) in [5.74, 6) is -0.326. The number of nitrogens with one attached hydrogen (secondary N) is 1. The minimum atomic E-state index is -0.292. The number of halogens is 1. The Bertz CT molecular complexity index is 1020. The van der Waals surface area contributed by atoms with Gasteiger partial charge in [0.05, 0.1) is 5.69 Å². The molecule has 0 fully saturated rings. The van der Waals surface area contributed by atoms with Crippen LogP contribution in [-0.4, -0.2) is 15.9 Å². The second-order valence-corrected chi connectivity index (χ2v) is 6.05. The highest BCUT2D eigenvalue weighted by Gasteiger charge is 2.15. The topological polar surface area (TPSA) is 79.5 Å². The number of rotatable bonds is 6. The van der Waals surface area contributed by atoms with Gasteiger partial charge in [-0.25, -0.2) is 0 Å². The number of carbonyl (C=O) groups is 2.